The van der Waals surface area contributed by atoms with Crippen LogP contribution in [-0.2, 0) is 9.53 Å². The van der Waals surface area contributed by atoms with Crippen LogP contribution in [0.1, 0.15) is 85.0 Å². The fourth-order valence-electron chi connectivity index (χ4n) is 6.99. The molecule has 28 heavy (non-hydrogen) atoms. The highest BCUT2D eigenvalue weighted by molar-refractivity contribution is 5.69. The predicted molar refractivity (Wildman–Crippen MR) is 114 cm³/mol. The van der Waals surface area contributed by atoms with Crippen molar-refractivity contribution < 1.29 is 14.6 Å². The summed E-state index contributed by atoms with van der Waals surface area (Å²) in [5.74, 6) is 3.98. The predicted octanol–water partition coefficient (Wildman–Crippen LogP) is 5.76. The maximum absolute atomic E-state index is 11.6. The molecular formula is C25H42O3. The van der Waals surface area contributed by atoms with Crippen molar-refractivity contribution in [3.63, 3.8) is 0 Å². The third kappa shape index (κ3) is 4.66. The maximum Gasteiger partial charge on any atom is 0.305 e. The Morgan fingerprint density at radius 3 is 2.68 bits per heavy atom. The SMILES string of the molecule is COC(=O)CC[C@@H](C)C1CCC2C(/C=C\C3CC(O)CCC3C)CCCC21C. The second kappa shape index (κ2) is 9.32. The molecule has 0 heterocycles. The molecule has 0 saturated heterocycles. The van der Waals surface area contributed by atoms with E-state index < -0.39 is 0 Å². The van der Waals surface area contributed by atoms with Crippen LogP contribution in [0.15, 0.2) is 12.2 Å². The van der Waals surface area contributed by atoms with Gasteiger partial charge in [0.2, 0.25) is 0 Å². The maximum atomic E-state index is 11.6. The Kier molecular flexibility index (Phi) is 7.28. The van der Waals surface area contributed by atoms with Gasteiger partial charge in [0.05, 0.1) is 13.2 Å². The standard InChI is InChI=1S/C25H42O3/c1-17-7-11-21(26)16-20(17)10-9-19-6-5-15-25(3)22(12-13-23(19)25)18(2)8-14-24(27)28-4/h9-10,17-23,26H,5-8,11-16H2,1-4H3/b10-9-/t17?,18-,19?,20?,21?,22?,23?,25?/m1/s1. The first-order chi connectivity index (χ1) is 13.3. The van der Waals surface area contributed by atoms with Gasteiger partial charge < -0.3 is 9.84 Å². The number of aliphatic hydroxyl groups excluding tert-OH is 1. The number of rotatable bonds is 6. The van der Waals surface area contributed by atoms with E-state index in [-0.39, 0.29) is 12.1 Å². The van der Waals surface area contributed by atoms with E-state index in [0.717, 1.165) is 37.5 Å². The summed E-state index contributed by atoms with van der Waals surface area (Å²) < 4.78 is 4.85. The molecule has 3 heteroatoms. The highest BCUT2D eigenvalue weighted by Gasteiger charge is 2.51. The molecule has 0 radical (unpaired) electrons. The lowest BCUT2D eigenvalue weighted by Gasteiger charge is -2.46. The second-order valence-electron chi connectivity index (χ2n) is 10.4. The fraction of sp³-hybridized carbons (Fsp3) is 0.880. The van der Waals surface area contributed by atoms with Crippen molar-refractivity contribution in [2.45, 2.75) is 91.1 Å². The zero-order valence-electron chi connectivity index (χ0n) is 18.5. The van der Waals surface area contributed by atoms with Gasteiger partial charge >= 0.3 is 5.97 Å². The first-order valence-electron chi connectivity index (χ1n) is 11.8. The summed E-state index contributed by atoms with van der Waals surface area (Å²) in [7, 11) is 1.49. The van der Waals surface area contributed by atoms with E-state index in [0.29, 0.717) is 35.5 Å². The van der Waals surface area contributed by atoms with Crippen LogP contribution >= 0.6 is 0 Å². The zero-order valence-corrected chi connectivity index (χ0v) is 18.5. The van der Waals surface area contributed by atoms with Crippen molar-refractivity contribution in [1.82, 2.24) is 0 Å². The Bertz CT molecular complexity index is 556. The minimum absolute atomic E-state index is 0.0696. The molecule has 7 unspecified atom stereocenters. The van der Waals surface area contributed by atoms with Gasteiger partial charge in [-0.15, -0.1) is 0 Å². The highest BCUT2D eigenvalue weighted by Crippen LogP contribution is 2.60. The Balaban J connectivity index is 1.64. The van der Waals surface area contributed by atoms with Gasteiger partial charge in [0, 0.05) is 6.42 Å². The molecule has 0 amide bonds. The van der Waals surface area contributed by atoms with E-state index in [1.807, 2.05) is 0 Å². The normalized spacial score (nSPS) is 42.3. The zero-order chi connectivity index (χ0) is 20.3. The molecule has 0 aromatic carbocycles. The summed E-state index contributed by atoms with van der Waals surface area (Å²) in [6.45, 7) is 7.24. The van der Waals surface area contributed by atoms with E-state index >= 15 is 0 Å². The van der Waals surface area contributed by atoms with Gasteiger partial charge in [-0.25, -0.2) is 0 Å². The summed E-state index contributed by atoms with van der Waals surface area (Å²) in [5, 5.41) is 10.1. The van der Waals surface area contributed by atoms with Crippen molar-refractivity contribution in [3.8, 4) is 0 Å². The molecule has 0 bridgehead atoms. The van der Waals surface area contributed by atoms with Crippen molar-refractivity contribution >= 4 is 5.97 Å². The lowest BCUT2D eigenvalue weighted by atomic mass is 9.59. The average molecular weight is 391 g/mol. The van der Waals surface area contributed by atoms with E-state index in [2.05, 4.69) is 32.9 Å². The minimum atomic E-state index is -0.103. The van der Waals surface area contributed by atoms with Crippen LogP contribution in [0.3, 0.4) is 0 Å². The third-order valence-corrected chi connectivity index (χ3v) is 8.81. The van der Waals surface area contributed by atoms with Crippen LogP contribution in [0, 0.1) is 40.9 Å². The Labute approximate surface area is 172 Å². The number of carbonyl (C=O) groups is 1. The Morgan fingerprint density at radius 2 is 1.93 bits per heavy atom. The van der Waals surface area contributed by atoms with E-state index in [9.17, 15) is 9.90 Å². The molecule has 0 aromatic rings. The average Bonchev–Trinajstić information content (AvgIpc) is 3.04. The van der Waals surface area contributed by atoms with Gasteiger partial charge in [-0.3, -0.25) is 4.79 Å². The Morgan fingerprint density at radius 1 is 1.18 bits per heavy atom. The number of allylic oxidation sites excluding steroid dienone is 2. The first kappa shape index (κ1) is 21.9. The summed E-state index contributed by atoms with van der Waals surface area (Å²) in [5.41, 5.74) is 0.417. The summed E-state index contributed by atoms with van der Waals surface area (Å²) in [6, 6.07) is 0. The van der Waals surface area contributed by atoms with Crippen LogP contribution in [0.5, 0.6) is 0 Å². The van der Waals surface area contributed by atoms with Gasteiger partial charge in [0.15, 0.2) is 0 Å². The molecule has 0 spiro atoms. The van der Waals surface area contributed by atoms with Gasteiger partial charge in [-0.05, 0) is 92.3 Å². The first-order valence-corrected chi connectivity index (χ1v) is 11.8. The molecule has 0 aliphatic heterocycles. The molecule has 0 aromatic heterocycles. The summed E-state index contributed by atoms with van der Waals surface area (Å²) >= 11 is 0. The van der Waals surface area contributed by atoms with Crippen LogP contribution in [0.2, 0.25) is 0 Å². The lowest BCUT2D eigenvalue weighted by molar-refractivity contribution is -0.141. The van der Waals surface area contributed by atoms with Crippen molar-refractivity contribution in [2.24, 2.45) is 40.9 Å². The molecular weight excluding hydrogens is 348 g/mol. The molecule has 3 saturated carbocycles. The molecule has 3 fully saturated rings. The van der Waals surface area contributed by atoms with E-state index in [4.69, 9.17) is 4.74 Å². The van der Waals surface area contributed by atoms with Crippen molar-refractivity contribution in [3.05, 3.63) is 12.2 Å². The number of hydrogen-bond donors (Lipinski definition) is 1. The fourth-order valence-corrected chi connectivity index (χ4v) is 6.99. The topological polar surface area (TPSA) is 46.5 Å². The van der Waals surface area contributed by atoms with Crippen LogP contribution in [-0.4, -0.2) is 24.3 Å². The Hall–Kier alpha value is -0.830. The molecule has 3 aliphatic rings. The number of carbonyl (C=O) groups excluding carboxylic acids is 1. The molecule has 3 nitrogen and oxygen atoms in total. The van der Waals surface area contributed by atoms with Crippen LogP contribution in [0.4, 0.5) is 0 Å². The molecule has 3 rings (SSSR count). The van der Waals surface area contributed by atoms with E-state index in [1.54, 1.807) is 0 Å². The second-order valence-corrected chi connectivity index (χ2v) is 10.4. The quantitative estimate of drug-likeness (QED) is 0.463. The van der Waals surface area contributed by atoms with Crippen LogP contribution < -0.4 is 0 Å². The summed E-state index contributed by atoms with van der Waals surface area (Å²) in [6.07, 6.45) is 16.1. The number of ether oxygens (including phenoxy) is 1. The number of hydrogen-bond acceptors (Lipinski definition) is 3. The van der Waals surface area contributed by atoms with E-state index in [1.165, 1.54) is 39.2 Å². The highest BCUT2D eigenvalue weighted by atomic mass is 16.5. The molecule has 1 N–H and O–H groups in total. The van der Waals surface area contributed by atoms with Crippen LogP contribution in [0.25, 0.3) is 0 Å². The molecule has 3 aliphatic carbocycles. The van der Waals surface area contributed by atoms with Crippen molar-refractivity contribution in [2.75, 3.05) is 7.11 Å². The monoisotopic (exact) mass is 390 g/mol. The molecule has 8 atom stereocenters. The summed E-state index contributed by atoms with van der Waals surface area (Å²) in [4.78, 5) is 11.6. The minimum Gasteiger partial charge on any atom is -0.469 e. The largest absolute Gasteiger partial charge is 0.469 e. The van der Waals surface area contributed by atoms with Gasteiger partial charge in [0.25, 0.3) is 0 Å². The third-order valence-electron chi connectivity index (χ3n) is 8.81. The van der Waals surface area contributed by atoms with Gasteiger partial charge in [-0.1, -0.05) is 39.3 Å². The van der Waals surface area contributed by atoms with Gasteiger partial charge in [-0.2, -0.15) is 0 Å². The van der Waals surface area contributed by atoms with Gasteiger partial charge in [0.1, 0.15) is 0 Å². The lowest BCUT2D eigenvalue weighted by Crippen LogP contribution is -2.38. The number of aliphatic hydroxyl groups is 1. The number of methoxy groups -OCH3 is 1. The number of esters is 1. The van der Waals surface area contributed by atoms with Crippen molar-refractivity contribution in [1.29, 1.82) is 0 Å². The number of fused-ring (bicyclic) bond motifs is 1. The smallest absolute Gasteiger partial charge is 0.305 e. The molecule has 160 valence electrons.